The maximum atomic E-state index is 12.0. The largest absolute Gasteiger partial charge is 0.480 e. The zero-order valence-corrected chi connectivity index (χ0v) is 12.8. The molecule has 0 bridgehead atoms. The van der Waals surface area contributed by atoms with Gasteiger partial charge in [-0.3, -0.25) is 0 Å². The highest BCUT2D eigenvalue weighted by atomic mass is 79.9. The Morgan fingerprint density at radius 1 is 1.53 bits per heavy atom. The van der Waals surface area contributed by atoms with Gasteiger partial charge in [-0.15, -0.1) is 11.8 Å². The number of amides is 2. The minimum absolute atomic E-state index is 0.368. The van der Waals surface area contributed by atoms with Gasteiger partial charge in [-0.1, -0.05) is 11.6 Å². The third kappa shape index (κ3) is 3.34. The quantitative estimate of drug-likeness (QED) is 0.845. The van der Waals surface area contributed by atoms with Gasteiger partial charge in [0.15, 0.2) is 0 Å². The molecule has 1 fully saturated rings. The number of carboxylic acid groups (broad SMARTS) is 1. The molecule has 8 heteroatoms. The number of benzene rings is 1. The number of hydrogen-bond acceptors (Lipinski definition) is 3. The average Bonchev–Trinajstić information content (AvgIpc) is 2.83. The van der Waals surface area contributed by atoms with E-state index in [1.807, 2.05) is 0 Å². The molecule has 2 rings (SSSR count). The summed E-state index contributed by atoms with van der Waals surface area (Å²) in [7, 11) is 0. The lowest BCUT2D eigenvalue weighted by Crippen LogP contribution is -2.43. The highest BCUT2D eigenvalue weighted by Crippen LogP contribution is 2.27. The van der Waals surface area contributed by atoms with Crippen molar-refractivity contribution in [2.45, 2.75) is 6.04 Å². The maximum Gasteiger partial charge on any atom is 0.327 e. The van der Waals surface area contributed by atoms with Crippen molar-refractivity contribution >= 4 is 57.0 Å². The van der Waals surface area contributed by atoms with Crippen molar-refractivity contribution in [1.29, 1.82) is 0 Å². The topological polar surface area (TPSA) is 69.6 Å². The SMILES string of the molecule is O=C(O)[C@@H]1CSCN1C(=O)Nc1ccc(Br)c(Cl)c1. The van der Waals surface area contributed by atoms with E-state index in [0.717, 1.165) is 4.47 Å². The Morgan fingerprint density at radius 2 is 2.26 bits per heavy atom. The lowest BCUT2D eigenvalue weighted by molar-refractivity contribution is -0.140. The van der Waals surface area contributed by atoms with Crippen LogP contribution in [0.2, 0.25) is 5.02 Å². The molecule has 1 heterocycles. The van der Waals surface area contributed by atoms with Crippen LogP contribution >= 0.6 is 39.3 Å². The Morgan fingerprint density at radius 3 is 2.89 bits per heavy atom. The first-order valence-corrected chi connectivity index (χ1v) is 7.65. The molecule has 19 heavy (non-hydrogen) atoms. The van der Waals surface area contributed by atoms with Crippen LogP contribution in [0.4, 0.5) is 10.5 Å². The predicted octanol–water partition coefficient (Wildman–Crippen LogP) is 3.09. The van der Waals surface area contributed by atoms with Crippen LogP contribution in [0.1, 0.15) is 0 Å². The van der Waals surface area contributed by atoms with Gasteiger partial charge in [-0.05, 0) is 34.1 Å². The van der Waals surface area contributed by atoms with E-state index in [2.05, 4.69) is 21.2 Å². The van der Waals surface area contributed by atoms with E-state index in [1.54, 1.807) is 18.2 Å². The molecule has 1 atom stereocenters. The Hall–Kier alpha value is -0.920. The van der Waals surface area contributed by atoms with E-state index < -0.39 is 18.0 Å². The lowest BCUT2D eigenvalue weighted by Gasteiger charge is -2.21. The van der Waals surface area contributed by atoms with Gasteiger partial charge in [0, 0.05) is 15.9 Å². The molecule has 2 amide bonds. The number of carbonyl (C=O) groups is 2. The molecule has 0 spiro atoms. The third-order valence-electron chi connectivity index (χ3n) is 2.60. The van der Waals surface area contributed by atoms with Crippen LogP contribution in [-0.4, -0.2) is 39.7 Å². The van der Waals surface area contributed by atoms with E-state index in [9.17, 15) is 9.59 Å². The molecule has 1 saturated heterocycles. The van der Waals surface area contributed by atoms with Crippen molar-refractivity contribution < 1.29 is 14.7 Å². The van der Waals surface area contributed by atoms with Gasteiger partial charge in [0.1, 0.15) is 6.04 Å². The maximum absolute atomic E-state index is 12.0. The van der Waals surface area contributed by atoms with Gasteiger partial charge in [0.25, 0.3) is 0 Å². The van der Waals surface area contributed by atoms with Crippen LogP contribution in [-0.2, 0) is 4.79 Å². The first kappa shape index (κ1) is 14.5. The summed E-state index contributed by atoms with van der Waals surface area (Å²) in [6.07, 6.45) is 0. The summed E-state index contributed by atoms with van der Waals surface area (Å²) in [6, 6.07) is 3.78. The van der Waals surface area contributed by atoms with Crippen molar-refractivity contribution in [3.8, 4) is 0 Å². The molecular weight excluding hydrogens is 356 g/mol. The van der Waals surface area contributed by atoms with Gasteiger partial charge in [0.2, 0.25) is 0 Å². The number of rotatable bonds is 2. The molecule has 0 aliphatic carbocycles. The fourth-order valence-electron chi connectivity index (χ4n) is 1.62. The number of hydrogen-bond donors (Lipinski definition) is 2. The normalized spacial score (nSPS) is 18.4. The van der Waals surface area contributed by atoms with Crippen LogP contribution < -0.4 is 5.32 Å². The van der Waals surface area contributed by atoms with Gasteiger partial charge in [-0.25, -0.2) is 9.59 Å². The Bertz CT molecular complexity index is 529. The van der Waals surface area contributed by atoms with E-state index >= 15 is 0 Å². The van der Waals surface area contributed by atoms with Crippen molar-refractivity contribution in [2.75, 3.05) is 16.9 Å². The fourth-order valence-corrected chi connectivity index (χ4v) is 3.19. The van der Waals surface area contributed by atoms with Gasteiger partial charge >= 0.3 is 12.0 Å². The number of thioether (sulfide) groups is 1. The van der Waals surface area contributed by atoms with Crippen LogP contribution in [0.3, 0.4) is 0 Å². The molecule has 1 aromatic carbocycles. The second kappa shape index (κ2) is 6.02. The molecule has 0 radical (unpaired) electrons. The van der Waals surface area contributed by atoms with Gasteiger partial charge < -0.3 is 15.3 Å². The Labute approximate surface area is 127 Å². The number of carbonyl (C=O) groups excluding carboxylic acids is 1. The second-order valence-corrected chi connectivity index (χ2v) is 6.14. The number of anilines is 1. The minimum Gasteiger partial charge on any atom is -0.480 e. The second-order valence-electron chi connectivity index (χ2n) is 3.88. The summed E-state index contributed by atoms with van der Waals surface area (Å²) in [5, 5.41) is 12.1. The summed E-state index contributed by atoms with van der Waals surface area (Å²) in [5.74, 6) is -0.217. The van der Waals surface area contributed by atoms with Crippen LogP contribution in [0.15, 0.2) is 22.7 Å². The molecule has 0 saturated carbocycles. The highest BCUT2D eigenvalue weighted by Gasteiger charge is 2.34. The van der Waals surface area contributed by atoms with E-state index in [4.69, 9.17) is 16.7 Å². The molecule has 1 aliphatic rings. The molecule has 5 nitrogen and oxygen atoms in total. The first-order valence-electron chi connectivity index (χ1n) is 5.32. The molecule has 2 N–H and O–H groups in total. The Kier molecular flexibility index (Phi) is 4.59. The highest BCUT2D eigenvalue weighted by molar-refractivity contribution is 9.10. The molecular formula is C11H10BrClN2O3S. The van der Waals surface area contributed by atoms with Crippen molar-refractivity contribution in [3.63, 3.8) is 0 Å². The molecule has 0 aromatic heterocycles. The van der Waals surface area contributed by atoms with E-state index in [0.29, 0.717) is 22.3 Å². The number of halogens is 2. The van der Waals surface area contributed by atoms with Gasteiger partial charge in [-0.2, -0.15) is 0 Å². The average molecular weight is 366 g/mol. The number of nitrogens with one attached hydrogen (secondary N) is 1. The smallest absolute Gasteiger partial charge is 0.327 e. The van der Waals surface area contributed by atoms with Crippen LogP contribution in [0.25, 0.3) is 0 Å². The summed E-state index contributed by atoms with van der Waals surface area (Å²) < 4.78 is 0.729. The summed E-state index contributed by atoms with van der Waals surface area (Å²) >= 11 is 10.6. The standard InChI is InChI=1S/C11H10BrClN2O3S/c12-7-2-1-6(3-8(7)13)14-11(18)15-5-19-4-9(15)10(16)17/h1-3,9H,4-5H2,(H,14,18)(H,16,17)/t9-/m0/s1. The number of aliphatic carboxylic acids is 1. The van der Waals surface area contributed by atoms with Gasteiger partial charge in [0.05, 0.1) is 10.9 Å². The van der Waals surface area contributed by atoms with Crippen molar-refractivity contribution in [2.24, 2.45) is 0 Å². The minimum atomic E-state index is -0.992. The fraction of sp³-hybridized carbons (Fsp3) is 0.273. The zero-order valence-electron chi connectivity index (χ0n) is 9.60. The summed E-state index contributed by atoms with van der Waals surface area (Å²) in [5.41, 5.74) is 0.527. The first-order chi connectivity index (χ1) is 8.99. The number of urea groups is 1. The third-order valence-corrected chi connectivity index (χ3v) is 4.84. The van der Waals surface area contributed by atoms with Crippen LogP contribution in [0, 0.1) is 0 Å². The Balaban J connectivity index is 2.08. The molecule has 102 valence electrons. The summed E-state index contributed by atoms with van der Waals surface area (Å²) in [6.45, 7) is 0. The van der Waals surface area contributed by atoms with Crippen molar-refractivity contribution in [1.82, 2.24) is 4.90 Å². The molecule has 1 aliphatic heterocycles. The lowest BCUT2D eigenvalue weighted by atomic mass is 10.3. The summed E-state index contributed by atoms with van der Waals surface area (Å²) in [4.78, 5) is 24.3. The van der Waals surface area contributed by atoms with E-state index in [-0.39, 0.29) is 0 Å². The van der Waals surface area contributed by atoms with Crippen LogP contribution in [0.5, 0.6) is 0 Å². The number of carboxylic acids is 1. The zero-order chi connectivity index (χ0) is 14.0. The van der Waals surface area contributed by atoms with Crippen molar-refractivity contribution in [3.05, 3.63) is 27.7 Å². The predicted molar refractivity (Wildman–Crippen MR) is 78.8 cm³/mol. The molecule has 1 aromatic rings. The van der Waals surface area contributed by atoms with E-state index in [1.165, 1.54) is 16.7 Å². The number of nitrogens with zero attached hydrogens (tertiary/aromatic N) is 1. The monoisotopic (exact) mass is 364 g/mol. The molecule has 0 unspecified atom stereocenters.